The molecule has 1 unspecified atom stereocenters. The molecule has 0 spiro atoms. The van der Waals surface area contributed by atoms with Gasteiger partial charge in [0.05, 0.1) is 5.54 Å². The third-order valence-electron chi connectivity index (χ3n) is 4.73. The second-order valence-electron chi connectivity index (χ2n) is 6.04. The van der Waals surface area contributed by atoms with Gasteiger partial charge < -0.3 is 14.6 Å². The number of hydrogen-bond donors (Lipinski definition) is 1. The van der Waals surface area contributed by atoms with Gasteiger partial charge in [0, 0.05) is 7.11 Å². The molecule has 19 heavy (non-hydrogen) atoms. The zero-order chi connectivity index (χ0) is 13.3. The lowest BCUT2D eigenvalue weighted by atomic mass is 9.84. The lowest BCUT2D eigenvalue weighted by Crippen LogP contribution is -2.35. The number of nitrogens with zero attached hydrogens (tertiary/aromatic N) is 2. The zero-order valence-electron chi connectivity index (χ0n) is 11.9. The van der Waals surface area contributed by atoms with Crippen molar-refractivity contribution in [2.45, 2.75) is 63.0 Å². The number of nitrogens with one attached hydrogen (secondary N) is 1. The third kappa shape index (κ3) is 2.19. The number of rotatable bonds is 3. The molecule has 1 N–H and O–H groups in total. The number of methoxy groups -OCH3 is 1. The van der Waals surface area contributed by atoms with Crippen molar-refractivity contribution in [2.75, 3.05) is 13.7 Å². The van der Waals surface area contributed by atoms with E-state index in [4.69, 9.17) is 9.26 Å². The predicted molar refractivity (Wildman–Crippen MR) is 70.7 cm³/mol. The Morgan fingerprint density at radius 2 is 1.95 bits per heavy atom. The molecule has 1 saturated carbocycles. The highest BCUT2D eigenvalue weighted by Crippen LogP contribution is 2.39. The van der Waals surface area contributed by atoms with Crippen LogP contribution in [0.15, 0.2) is 4.52 Å². The van der Waals surface area contributed by atoms with Crippen LogP contribution < -0.4 is 5.32 Å². The summed E-state index contributed by atoms with van der Waals surface area (Å²) < 4.78 is 11.3. The fraction of sp³-hybridized carbons (Fsp3) is 0.857. The first-order valence-corrected chi connectivity index (χ1v) is 7.33. The molecule has 1 aliphatic carbocycles. The van der Waals surface area contributed by atoms with Gasteiger partial charge in [-0.3, -0.25) is 0 Å². The van der Waals surface area contributed by atoms with Gasteiger partial charge in [-0.1, -0.05) is 24.4 Å². The van der Waals surface area contributed by atoms with Crippen LogP contribution in [-0.2, 0) is 15.9 Å². The quantitative estimate of drug-likeness (QED) is 0.909. The van der Waals surface area contributed by atoms with Crippen molar-refractivity contribution in [1.29, 1.82) is 0 Å². The van der Waals surface area contributed by atoms with Gasteiger partial charge >= 0.3 is 0 Å². The Morgan fingerprint density at radius 1 is 1.16 bits per heavy atom. The molecule has 1 saturated heterocycles. The van der Waals surface area contributed by atoms with Crippen molar-refractivity contribution in [1.82, 2.24) is 15.5 Å². The summed E-state index contributed by atoms with van der Waals surface area (Å²) in [7, 11) is 1.76. The standard InChI is InChI=1S/C14H23N3O2/c1-13(7-6-10-15-13)12-16-11(17-19-12)14(18-2)8-4-3-5-9-14/h15H,3-10H2,1-2H3. The van der Waals surface area contributed by atoms with Crippen LogP contribution in [0, 0.1) is 0 Å². The number of aromatic nitrogens is 2. The van der Waals surface area contributed by atoms with Gasteiger partial charge in [0.15, 0.2) is 0 Å². The highest BCUT2D eigenvalue weighted by Gasteiger charge is 2.42. The van der Waals surface area contributed by atoms with Gasteiger partial charge in [-0.15, -0.1) is 0 Å². The first-order valence-electron chi connectivity index (χ1n) is 7.33. The third-order valence-corrected chi connectivity index (χ3v) is 4.73. The summed E-state index contributed by atoms with van der Waals surface area (Å²) in [5, 5.41) is 7.68. The molecular formula is C14H23N3O2. The molecule has 1 aromatic heterocycles. The van der Waals surface area contributed by atoms with E-state index in [0.29, 0.717) is 5.89 Å². The van der Waals surface area contributed by atoms with Crippen LogP contribution in [0.25, 0.3) is 0 Å². The maximum atomic E-state index is 5.77. The van der Waals surface area contributed by atoms with Gasteiger partial charge in [-0.25, -0.2) is 0 Å². The van der Waals surface area contributed by atoms with E-state index >= 15 is 0 Å². The Labute approximate surface area is 114 Å². The molecule has 0 amide bonds. The van der Waals surface area contributed by atoms with Crippen LogP contribution in [0.3, 0.4) is 0 Å². The lowest BCUT2D eigenvalue weighted by molar-refractivity contribution is -0.0527. The molecule has 1 atom stereocenters. The Bertz CT molecular complexity index is 432. The van der Waals surface area contributed by atoms with Crippen LogP contribution in [0.1, 0.15) is 63.6 Å². The molecule has 1 aromatic rings. The Balaban J connectivity index is 1.87. The van der Waals surface area contributed by atoms with Crippen LogP contribution in [0.5, 0.6) is 0 Å². The monoisotopic (exact) mass is 265 g/mol. The fourth-order valence-electron chi connectivity index (χ4n) is 3.35. The van der Waals surface area contributed by atoms with E-state index in [2.05, 4.69) is 22.4 Å². The average molecular weight is 265 g/mol. The molecule has 2 heterocycles. The average Bonchev–Trinajstić information content (AvgIpc) is 3.09. The first kappa shape index (κ1) is 13.1. The van der Waals surface area contributed by atoms with E-state index in [1.807, 2.05) is 0 Å². The summed E-state index contributed by atoms with van der Waals surface area (Å²) >= 11 is 0. The van der Waals surface area contributed by atoms with Crippen molar-refractivity contribution in [3.63, 3.8) is 0 Å². The molecule has 0 aromatic carbocycles. The minimum Gasteiger partial charge on any atom is -0.370 e. The summed E-state index contributed by atoms with van der Waals surface area (Å²) in [6, 6.07) is 0. The minimum atomic E-state index is -0.324. The smallest absolute Gasteiger partial charge is 0.246 e. The lowest BCUT2D eigenvalue weighted by Gasteiger charge is -2.32. The van der Waals surface area contributed by atoms with E-state index in [-0.39, 0.29) is 11.1 Å². The maximum absolute atomic E-state index is 5.77. The van der Waals surface area contributed by atoms with Gasteiger partial charge in [-0.2, -0.15) is 4.98 Å². The van der Waals surface area contributed by atoms with E-state index < -0.39 is 0 Å². The highest BCUT2D eigenvalue weighted by molar-refractivity contribution is 5.09. The topological polar surface area (TPSA) is 60.2 Å². The van der Waals surface area contributed by atoms with E-state index in [0.717, 1.165) is 38.1 Å². The summed E-state index contributed by atoms with van der Waals surface area (Å²) in [6.07, 6.45) is 7.81. The van der Waals surface area contributed by atoms with Crippen molar-refractivity contribution in [3.05, 3.63) is 11.7 Å². The van der Waals surface area contributed by atoms with Gasteiger partial charge in [0.25, 0.3) is 0 Å². The van der Waals surface area contributed by atoms with Gasteiger partial charge in [0.1, 0.15) is 5.60 Å². The van der Waals surface area contributed by atoms with Crippen LogP contribution in [-0.4, -0.2) is 23.8 Å². The molecule has 3 rings (SSSR count). The second-order valence-corrected chi connectivity index (χ2v) is 6.04. The molecule has 1 aliphatic heterocycles. The normalized spacial score (nSPS) is 30.6. The summed E-state index contributed by atoms with van der Waals surface area (Å²) in [5.41, 5.74) is -0.482. The molecule has 2 aliphatic rings. The van der Waals surface area contributed by atoms with E-state index in [1.165, 1.54) is 19.3 Å². The van der Waals surface area contributed by atoms with Crippen LogP contribution in [0.2, 0.25) is 0 Å². The Kier molecular flexibility index (Phi) is 3.35. The van der Waals surface area contributed by atoms with E-state index in [1.54, 1.807) is 7.11 Å². The van der Waals surface area contributed by atoms with Crippen LogP contribution >= 0.6 is 0 Å². The number of ether oxygens (including phenoxy) is 1. The minimum absolute atomic E-state index is 0.158. The van der Waals surface area contributed by atoms with Crippen LogP contribution in [0.4, 0.5) is 0 Å². The molecule has 2 fully saturated rings. The SMILES string of the molecule is COC1(c2noc(C3(C)CCCN3)n2)CCCCC1. The summed E-state index contributed by atoms with van der Waals surface area (Å²) in [6.45, 7) is 3.15. The van der Waals surface area contributed by atoms with Crippen molar-refractivity contribution in [3.8, 4) is 0 Å². The molecule has 0 bridgehead atoms. The molecule has 106 valence electrons. The second kappa shape index (κ2) is 4.87. The van der Waals surface area contributed by atoms with Gasteiger partial charge in [0.2, 0.25) is 11.7 Å². The van der Waals surface area contributed by atoms with Crippen molar-refractivity contribution < 1.29 is 9.26 Å². The summed E-state index contributed by atoms with van der Waals surface area (Å²) in [5.74, 6) is 1.45. The highest BCUT2D eigenvalue weighted by atomic mass is 16.5. The Hall–Kier alpha value is -0.940. The fourth-order valence-corrected chi connectivity index (χ4v) is 3.35. The number of hydrogen-bond acceptors (Lipinski definition) is 5. The van der Waals surface area contributed by atoms with E-state index in [9.17, 15) is 0 Å². The van der Waals surface area contributed by atoms with Crippen molar-refractivity contribution >= 4 is 0 Å². The molecular weight excluding hydrogens is 242 g/mol. The maximum Gasteiger partial charge on any atom is 0.246 e. The molecule has 0 radical (unpaired) electrons. The zero-order valence-corrected chi connectivity index (χ0v) is 11.9. The first-order chi connectivity index (χ1) is 9.19. The largest absolute Gasteiger partial charge is 0.370 e. The predicted octanol–water partition coefficient (Wildman–Crippen LogP) is 2.47. The van der Waals surface area contributed by atoms with Gasteiger partial charge in [-0.05, 0) is 39.2 Å². The van der Waals surface area contributed by atoms with Crippen molar-refractivity contribution in [2.24, 2.45) is 0 Å². The Morgan fingerprint density at radius 3 is 2.58 bits per heavy atom. The summed E-state index contributed by atoms with van der Waals surface area (Å²) in [4.78, 5) is 4.67. The molecule has 5 nitrogen and oxygen atoms in total. The molecule has 5 heteroatoms.